The smallest absolute Gasteiger partial charge is 0.291 e. The fourth-order valence-corrected chi connectivity index (χ4v) is 5.36. The first-order valence-corrected chi connectivity index (χ1v) is 13.5. The van der Waals surface area contributed by atoms with Crippen LogP contribution >= 0.6 is 11.6 Å². The van der Waals surface area contributed by atoms with Crippen molar-refractivity contribution in [2.45, 2.75) is 25.8 Å². The Morgan fingerprint density at radius 2 is 1.83 bits per heavy atom. The molecule has 2 saturated heterocycles. The van der Waals surface area contributed by atoms with E-state index in [1.807, 2.05) is 4.90 Å². The normalized spacial score (nSPS) is 16.8. The van der Waals surface area contributed by atoms with E-state index in [-0.39, 0.29) is 66.1 Å². The number of carbonyl (C=O) groups is 3. The maximum absolute atomic E-state index is 14.6. The van der Waals surface area contributed by atoms with Gasteiger partial charge in [-0.3, -0.25) is 14.4 Å². The Bertz CT molecular complexity index is 1480. The molecule has 2 aliphatic heterocycles. The molecule has 2 aliphatic rings. The van der Waals surface area contributed by atoms with E-state index in [2.05, 4.69) is 15.6 Å². The van der Waals surface area contributed by atoms with Crippen LogP contribution in [0, 0.1) is 43.9 Å². The van der Waals surface area contributed by atoms with Crippen LogP contribution < -0.4 is 10.6 Å². The molecule has 1 aromatic heterocycles. The van der Waals surface area contributed by atoms with Crippen LogP contribution in [-0.4, -0.2) is 80.9 Å². The van der Waals surface area contributed by atoms with Gasteiger partial charge in [-0.05, 0) is 62.2 Å². The molecule has 3 aromatic rings. The largest absolute Gasteiger partial charge is 0.506 e. The first-order valence-electron chi connectivity index (χ1n) is 13.1. The first kappa shape index (κ1) is 31.0. The number of hydrogen-bond donors (Lipinski definition) is 3. The van der Waals surface area contributed by atoms with Gasteiger partial charge in [0, 0.05) is 81.2 Å². The summed E-state index contributed by atoms with van der Waals surface area (Å²) in [6, 6.07) is 7.54. The maximum Gasteiger partial charge on any atom is 0.291 e. The number of carbonyl (C=O) groups excluding carboxylic acids is 3. The van der Waals surface area contributed by atoms with Crippen LogP contribution in [-0.2, 0) is 11.8 Å². The van der Waals surface area contributed by atoms with Crippen molar-refractivity contribution in [2.24, 2.45) is 7.05 Å². The third-order valence-corrected chi connectivity index (χ3v) is 7.84. The Hall–Kier alpha value is -2.91. The van der Waals surface area contributed by atoms with E-state index in [0.717, 1.165) is 19.4 Å². The van der Waals surface area contributed by atoms with Crippen LogP contribution in [0.25, 0.3) is 11.3 Å². The summed E-state index contributed by atoms with van der Waals surface area (Å²) in [5.41, 5.74) is 2.09. The average Bonchev–Trinajstić information content (AvgIpc) is 3.62. The monoisotopic (exact) mass is 806 g/mol. The minimum Gasteiger partial charge on any atom is -0.506 e. The van der Waals surface area contributed by atoms with Crippen molar-refractivity contribution in [1.29, 1.82) is 0 Å². The predicted molar refractivity (Wildman–Crippen MR) is 148 cm³/mol. The summed E-state index contributed by atoms with van der Waals surface area (Å²) in [6.45, 7) is 4.59. The van der Waals surface area contributed by atoms with Crippen LogP contribution in [0.2, 0.25) is 5.02 Å². The molecule has 10 nitrogen and oxygen atoms in total. The number of amides is 3. The maximum atomic E-state index is 14.6. The second kappa shape index (κ2) is 12.9. The fourth-order valence-electron chi connectivity index (χ4n) is 5.19. The number of aromatic hydroxyl groups is 1. The zero-order valence-corrected chi connectivity index (χ0v) is 27.6. The van der Waals surface area contributed by atoms with Gasteiger partial charge in [0.1, 0.15) is 10.8 Å². The number of benzene rings is 2. The molecule has 0 radical (unpaired) electrons. The van der Waals surface area contributed by atoms with Gasteiger partial charge in [0.2, 0.25) is 5.91 Å². The van der Waals surface area contributed by atoms with Crippen molar-refractivity contribution < 1.29 is 55.0 Å². The van der Waals surface area contributed by atoms with Crippen LogP contribution in [0.15, 0.2) is 36.5 Å². The number of halogens is 2. The average molecular weight is 807 g/mol. The van der Waals surface area contributed by atoms with Gasteiger partial charge in [-0.25, -0.2) is 9.37 Å². The molecular formula is C28H30ClFN6O4U. The number of piperazine rings is 1. The number of aromatic nitrogens is 2. The molecule has 0 spiro atoms. The molecule has 5 rings (SSSR count). The predicted octanol–water partition coefficient (Wildman–Crippen LogP) is 3.18. The number of hydrogen-bond acceptors (Lipinski definition) is 6. The van der Waals surface area contributed by atoms with E-state index in [1.54, 1.807) is 37.1 Å². The van der Waals surface area contributed by atoms with Crippen molar-refractivity contribution in [3.8, 4) is 17.0 Å². The first-order chi connectivity index (χ1) is 19.2. The molecule has 0 aliphatic carbocycles. The van der Waals surface area contributed by atoms with Gasteiger partial charge >= 0.3 is 0 Å². The topological polar surface area (TPSA) is 120 Å². The van der Waals surface area contributed by atoms with E-state index < -0.39 is 16.7 Å². The Labute approximate surface area is 265 Å². The van der Waals surface area contributed by atoms with Crippen molar-refractivity contribution in [2.75, 3.05) is 38.0 Å². The van der Waals surface area contributed by atoms with Gasteiger partial charge in [0.05, 0.1) is 17.9 Å². The van der Waals surface area contributed by atoms with Crippen molar-refractivity contribution in [1.82, 2.24) is 24.7 Å². The second-order valence-electron chi connectivity index (χ2n) is 10.0. The summed E-state index contributed by atoms with van der Waals surface area (Å²) < 4.78 is 16.0. The molecule has 2 fully saturated rings. The number of aryl methyl sites for hydroxylation is 1. The van der Waals surface area contributed by atoms with Crippen molar-refractivity contribution in [3.63, 3.8) is 0 Å². The Kier molecular flexibility index (Phi) is 9.80. The number of nitrogens with one attached hydrogen (secondary N) is 2. The van der Waals surface area contributed by atoms with Crippen LogP contribution in [0.1, 0.15) is 39.4 Å². The van der Waals surface area contributed by atoms with Gasteiger partial charge in [-0.15, -0.1) is 0 Å². The molecule has 214 valence electrons. The van der Waals surface area contributed by atoms with Crippen molar-refractivity contribution in [3.05, 3.63) is 64.3 Å². The van der Waals surface area contributed by atoms with Crippen LogP contribution in [0.4, 0.5) is 10.1 Å². The van der Waals surface area contributed by atoms with E-state index >= 15 is 0 Å². The molecular weight excluding hydrogens is 777 g/mol. The molecule has 13 heteroatoms. The van der Waals surface area contributed by atoms with Gasteiger partial charge in [0.25, 0.3) is 11.8 Å². The molecule has 3 amide bonds. The third kappa shape index (κ3) is 6.31. The number of imidazole rings is 1. The summed E-state index contributed by atoms with van der Waals surface area (Å²) in [7, 11) is 1.57. The molecule has 3 heterocycles. The number of anilines is 1. The van der Waals surface area contributed by atoms with Gasteiger partial charge in [0.15, 0.2) is 11.6 Å². The Balaban J connectivity index is 0.00000387. The summed E-state index contributed by atoms with van der Waals surface area (Å²) >= 11 is 5.83. The zero-order valence-electron chi connectivity index (χ0n) is 22.7. The van der Waals surface area contributed by atoms with Crippen molar-refractivity contribution >= 4 is 35.0 Å². The summed E-state index contributed by atoms with van der Waals surface area (Å²) in [5, 5.41) is 15.2. The molecule has 3 N–H and O–H groups in total. The van der Waals surface area contributed by atoms with E-state index in [9.17, 15) is 23.9 Å². The molecule has 0 bridgehead atoms. The molecule has 0 saturated carbocycles. The van der Waals surface area contributed by atoms with Crippen LogP contribution in [0.3, 0.4) is 0 Å². The molecule has 1 atom stereocenters. The summed E-state index contributed by atoms with van der Waals surface area (Å²) in [4.78, 5) is 46.6. The van der Waals surface area contributed by atoms with Gasteiger partial charge in [-0.1, -0.05) is 11.6 Å². The van der Waals surface area contributed by atoms with Gasteiger partial charge < -0.3 is 30.1 Å². The molecule has 41 heavy (non-hydrogen) atoms. The third-order valence-electron chi connectivity index (χ3n) is 7.48. The minimum absolute atomic E-state index is 0. The molecule has 0 unspecified atom stereocenters. The molecule has 2 aromatic carbocycles. The quantitative estimate of drug-likeness (QED) is 0.365. The Morgan fingerprint density at radius 1 is 1.12 bits per heavy atom. The number of rotatable bonds is 5. The minimum atomic E-state index is -0.814. The number of phenols is 1. The fraction of sp³-hybridized carbons (Fsp3) is 0.357. The standard InChI is InChI=1S/C28H30ClFN6O4.U/c1-16-14-17(33-26(38)25-32-15-21(34(25)2)19-7-8-22(37)23(29)24(19)30)5-6-18(16)27(39)35-10-12-36(13-11-35)28(40)20-4-3-9-31-20;/h5-8,14-15,20,31,37H,3-4,9-13H2,1-2H3,(H,33,38);/t20-;/m0./s1. The van der Waals surface area contributed by atoms with E-state index in [0.29, 0.717) is 48.7 Å². The number of phenolic OH excluding ortho intramolecular Hbond substituents is 1. The second-order valence-corrected chi connectivity index (χ2v) is 10.4. The Morgan fingerprint density at radius 3 is 2.49 bits per heavy atom. The van der Waals surface area contributed by atoms with E-state index in [1.165, 1.54) is 22.9 Å². The van der Waals surface area contributed by atoms with E-state index in [4.69, 9.17) is 11.6 Å². The summed E-state index contributed by atoms with van der Waals surface area (Å²) in [6.07, 6.45) is 3.21. The SMILES string of the molecule is Cc1cc(NC(=O)c2ncc(-c3ccc(O)c(Cl)c3F)n2C)ccc1C(=O)N1CCN(C(=O)[C@@H]2CCCN2)CC1.[U]. The number of nitrogens with zero attached hydrogens (tertiary/aromatic N) is 4. The zero-order chi connectivity index (χ0) is 28.6. The van der Waals surface area contributed by atoms with Crippen LogP contribution in [0.5, 0.6) is 5.75 Å². The van der Waals surface area contributed by atoms with Gasteiger partial charge in [-0.2, -0.15) is 0 Å². The summed E-state index contributed by atoms with van der Waals surface area (Å²) in [5.74, 6) is -1.69.